The van der Waals surface area contributed by atoms with Crippen LogP contribution in [-0.2, 0) is 0 Å². The van der Waals surface area contributed by atoms with Crippen molar-refractivity contribution in [1.29, 1.82) is 0 Å². The van der Waals surface area contributed by atoms with Gasteiger partial charge in [0.1, 0.15) is 6.20 Å². The lowest BCUT2D eigenvalue weighted by atomic mass is 10.4. The van der Waals surface area contributed by atoms with Gasteiger partial charge in [0.25, 0.3) is 0 Å². The van der Waals surface area contributed by atoms with E-state index in [4.69, 9.17) is 10.8 Å². The maximum Gasteiger partial charge on any atom is 0.329 e. The fourth-order valence-electron chi connectivity index (χ4n) is 0.897. The number of aromatic nitrogens is 2. The van der Waals surface area contributed by atoms with E-state index in [9.17, 15) is 10.1 Å². The van der Waals surface area contributed by atoms with Crippen molar-refractivity contribution in [3.63, 3.8) is 0 Å². The average Bonchev–Trinajstić information content (AvgIpc) is 2.14. The van der Waals surface area contributed by atoms with Crippen molar-refractivity contribution >= 4 is 17.5 Å². The van der Waals surface area contributed by atoms with Gasteiger partial charge in [0.2, 0.25) is 11.8 Å². The van der Waals surface area contributed by atoms with Gasteiger partial charge in [-0.1, -0.05) is 0 Å². The monoisotopic (exact) mass is 213 g/mol. The molecule has 1 rings (SSSR count). The van der Waals surface area contributed by atoms with Crippen molar-refractivity contribution in [1.82, 2.24) is 9.97 Å². The van der Waals surface area contributed by atoms with E-state index in [1.54, 1.807) is 6.92 Å². The molecule has 82 valence electrons. The molecule has 0 saturated carbocycles. The van der Waals surface area contributed by atoms with Crippen molar-refractivity contribution in [3.05, 3.63) is 16.3 Å². The number of anilines is 2. The van der Waals surface area contributed by atoms with E-state index in [0.717, 1.165) is 6.20 Å². The second-order valence-corrected chi connectivity index (χ2v) is 2.95. The number of aliphatic hydroxyl groups is 1. The summed E-state index contributed by atoms with van der Waals surface area (Å²) in [6, 6.07) is 0. The number of nitro groups is 1. The van der Waals surface area contributed by atoms with Gasteiger partial charge in [-0.25, -0.2) is 4.98 Å². The summed E-state index contributed by atoms with van der Waals surface area (Å²) in [7, 11) is 0. The largest absolute Gasteiger partial charge is 0.392 e. The molecule has 4 N–H and O–H groups in total. The molecule has 15 heavy (non-hydrogen) atoms. The van der Waals surface area contributed by atoms with Gasteiger partial charge >= 0.3 is 5.69 Å². The van der Waals surface area contributed by atoms with E-state index < -0.39 is 11.0 Å². The third kappa shape index (κ3) is 3.02. The van der Waals surface area contributed by atoms with Crippen LogP contribution in [0.5, 0.6) is 0 Å². The molecule has 0 aliphatic heterocycles. The fraction of sp³-hybridized carbons (Fsp3) is 0.429. The van der Waals surface area contributed by atoms with Crippen LogP contribution in [0, 0.1) is 10.1 Å². The minimum Gasteiger partial charge on any atom is -0.392 e. The normalized spacial score (nSPS) is 12.1. The van der Waals surface area contributed by atoms with E-state index in [2.05, 4.69) is 15.3 Å². The summed E-state index contributed by atoms with van der Waals surface area (Å²) < 4.78 is 0. The molecule has 1 atom stereocenters. The van der Waals surface area contributed by atoms with Gasteiger partial charge in [-0.2, -0.15) is 4.98 Å². The van der Waals surface area contributed by atoms with E-state index in [1.165, 1.54) is 0 Å². The first-order valence-electron chi connectivity index (χ1n) is 4.19. The number of nitrogen functional groups attached to an aromatic ring is 1. The van der Waals surface area contributed by atoms with Gasteiger partial charge in [-0.3, -0.25) is 10.1 Å². The second kappa shape index (κ2) is 4.51. The SMILES string of the molecule is CC(O)CNc1nc(N)ncc1[N+](=O)[O-]. The Labute approximate surface area is 85.3 Å². The molecule has 0 aliphatic rings. The zero-order valence-corrected chi connectivity index (χ0v) is 8.04. The quantitative estimate of drug-likeness (QED) is 0.465. The van der Waals surface area contributed by atoms with Crippen molar-refractivity contribution in [2.75, 3.05) is 17.6 Å². The Morgan fingerprint density at radius 2 is 2.47 bits per heavy atom. The van der Waals surface area contributed by atoms with E-state index in [-0.39, 0.29) is 24.0 Å². The van der Waals surface area contributed by atoms with Gasteiger partial charge in [0.15, 0.2) is 0 Å². The Morgan fingerprint density at radius 3 is 3.00 bits per heavy atom. The molecule has 1 aromatic heterocycles. The molecule has 1 aromatic rings. The number of nitrogens with two attached hydrogens (primary N) is 1. The van der Waals surface area contributed by atoms with Crippen molar-refractivity contribution in [2.24, 2.45) is 0 Å². The lowest BCUT2D eigenvalue weighted by Crippen LogP contribution is -2.17. The Hall–Kier alpha value is -1.96. The van der Waals surface area contributed by atoms with Crippen LogP contribution in [0.2, 0.25) is 0 Å². The van der Waals surface area contributed by atoms with Crippen molar-refractivity contribution in [3.8, 4) is 0 Å². The zero-order valence-electron chi connectivity index (χ0n) is 8.04. The summed E-state index contributed by atoms with van der Waals surface area (Å²) in [5.74, 6) is -0.0536. The van der Waals surface area contributed by atoms with Crippen LogP contribution in [-0.4, -0.2) is 32.6 Å². The molecule has 0 aromatic carbocycles. The predicted molar refractivity (Wildman–Crippen MR) is 53.3 cm³/mol. The van der Waals surface area contributed by atoms with E-state index >= 15 is 0 Å². The molecular weight excluding hydrogens is 202 g/mol. The first-order chi connectivity index (χ1) is 7.00. The molecule has 0 radical (unpaired) electrons. The van der Waals surface area contributed by atoms with Gasteiger partial charge in [0, 0.05) is 6.54 Å². The molecule has 0 aliphatic carbocycles. The average molecular weight is 213 g/mol. The molecule has 0 spiro atoms. The molecule has 8 heteroatoms. The molecule has 0 saturated heterocycles. The van der Waals surface area contributed by atoms with Gasteiger partial charge in [-0.15, -0.1) is 0 Å². The molecule has 1 heterocycles. The Kier molecular flexibility index (Phi) is 3.34. The molecule has 0 bridgehead atoms. The topological polar surface area (TPSA) is 127 Å². The lowest BCUT2D eigenvalue weighted by Gasteiger charge is -2.07. The van der Waals surface area contributed by atoms with E-state index in [0.29, 0.717) is 0 Å². The highest BCUT2D eigenvalue weighted by Crippen LogP contribution is 2.20. The maximum absolute atomic E-state index is 10.6. The molecule has 8 nitrogen and oxygen atoms in total. The molecule has 1 unspecified atom stereocenters. The summed E-state index contributed by atoms with van der Waals surface area (Å²) in [6.07, 6.45) is 0.382. The van der Waals surface area contributed by atoms with Crippen LogP contribution >= 0.6 is 0 Å². The van der Waals surface area contributed by atoms with Crippen LogP contribution in [0.15, 0.2) is 6.20 Å². The summed E-state index contributed by atoms with van der Waals surface area (Å²) >= 11 is 0. The number of rotatable bonds is 4. The summed E-state index contributed by atoms with van der Waals surface area (Å²) in [4.78, 5) is 17.1. The van der Waals surface area contributed by atoms with Crippen LogP contribution in [0.3, 0.4) is 0 Å². The van der Waals surface area contributed by atoms with Crippen LogP contribution in [0.4, 0.5) is 17.5 Å². The predicted octanol–water partition coefficient (Wildman–Crippen LogP) is -0.240. The van der Waals surface area contributed by atoms with Crippen molar-refractivity contribution in [2.45, 2.75) is 13.0 Å². The van der Waals surface area contributed by atoms with E-state index in [1.807, 2.05) is 0 Å². The van der Waals surface area contributed by atoms with Crippen molar-refractivity contribution < 1.29 is 10.0 Å². The highest BCUT2D eigenvalue weighted by atomic mass is 16.6. The van der Waals surface area contributed by atoms with Crippen LogP contribution < -0.4 is 11.1 Å². The number of nitrogens with zero attached hydrogens (tertiary/aromatic N) is 3. The smallest absolute Gasteiger partial charge is 0.329 e. The second-order valence-electron chi connectivity index (χ2n) is 2.95. The Morgan fingerprint density at radius 1 is 1.80 bits per heavy atom. The Balaban J connectivity index is 2.92. The number of hydrogen-bond donors (Lipinski definition) is 3. The highest BCUT2D eigenvalue weighted by Gasteiger charge is 2.16. The fourth-order valence-corrected chi connectivity index (χ4v) is 0.897. The summed E-state index contributed by atoms with van der Waals surface area (Å²) in [5, 5.41) is 22.2. The Bertz CT molecular complexity index is 368. The third-order valence-corrected chi connectivity index (χ3v) is 1.55. The first-order valence-corrected chi connectivity index (χ1v) is 4.19. The number of aliphatic hydroxyl groups excluding tert-OH is 1. The van der Waals surface area contributed by atoms with Crippen LogP contribution in [0.1, 0.15) is 6.92 Å². The molecule has 0 fully saturated rings. The zero-order chi connectivity index (χ0) is 11.4. The third-order valence-electron chi connectivity index (χ3n) is 1.55. The van der Waals surface area contributed by atoms with Gasteiger partial charge in [0.05, 0.1) is 11.0 Å². The standard InChI is InChI=1S/C7H11N5O3/c1-4(13)2-9-6-5(12(14)15)3-10-7(8)11-6/h3-4,13H,2H2,1H3,(H3,8,9,10,11). The lowest BCUT2D eigenvalue weighted by molar-refractivity contribution is -0.384. The number of hydrogen-bond acceptors (Lipinski definition) is 7. The summed E-state index contributed by atoms with van der Waals surface area (Å²) in [5.41, 5.74) is 5.01. The highest BCUT2D eigenvalue weighted by molar-refractivity contribution is 5.56. The number of nitrogens with one attached hydrogen (secondary N) is 1. The minimum absolute atomic E-state index is 0.00778. The summed E-state index contributed by atoms with van der Waals surface area (Å²) in [6.45, 7) is 1.70. The maximum atomic E-state index is 10.6. The van der Waals surface area contributed by atoms with Crippen LogP contribution in [0.25, 0.3) is 0 Å². The molecular formula is C7H11N5O3. The first kappa shape index (κ1) is 11.1. The minimum atomic E-state index is -0.638. The molecule has 0 amide bonds. The van der Waals surface area contributed by atoms with Gasteiger partial charge in [-0.05, 0) is 6.92 Å². The van der Waals surface area contributed by atoms with Gasteiger partial charge < -0.3 is 16.2 Å².